The van der Waals surface area contributed by atoms with Gasteiger partial charge in [-0.3, -0.25) is 24.3 Å². The first-order valence-corrected chi connectivity index (χ1v) is 13.8. The number of piperidine rings is 1. The molecule has 9 heteroatoms. The number of nitrogens with zero attached hydrogens (tertiary/aromatic N) is 3. The van der Waals surface area contributed by atoms with Crippen molar-refractivity contribution in [2.24, 2.45) is 0 Å². The van der Waals surface area contributed by atoms with E-state index >= 15 is 0 Å². The molecule has 1 spiro atoms. The Morgan fingerprint density at radius 2 is 1.78 bits per heavy atom. The Morgan fingerprint density at radius 1 is 1.02 bits per heavy atom. The van der Waals surface area contributed by atoms with Crippen LogP contribution in [0.4, 0.5) is 19.3 Å². The standard InChI is InChI=1S/C32H33F2N3O4/c1-21(2)41-26-11-6-8-23(16-26)19-35-15-14-32(18-22(35)3)30(39)36(20-29(38)27-12-4-5-13-28(27)34)31(40)37(32)25-10-7-9-24(33)17-25/h4-13,16-17,21-22H,14-15,18-20H2,1-3H3/t22-,32?/m0/s1. The van der Waals surface area contributed by atoms with Crippen molar-refractivity contribution in [1.29, 1.82) is 0 Å². The van der Waals surface area contributed by atoms with Crippen molar-refractivity contribution in [3.8, 4) is 5.75 Å². The summed E-state index contributed by atoms with van der Waals surface area (Å²) in [5, 5.41) is 0. The van der Waals surface area contributed by atoms with Crippen molar-refractivity contribution in [1.82, 2.24) is 9.80 Å². The first kappa shape index (κ1) is 28.4. The highest BCUT2D eigenvalue weighted by Gasteiger charge is 2.60. The van der Waals surface area contributed by atoms with E-state index in [0.29, 0.717) is 13.1 Å². The summed E-state index contributed by atoms with van der Waals surface area (Å²) in [7, 11) is 0. The molecule has 2 atom stereocenters. The number of urea groups is 1. The maximum Gasteiger partial charge on any atom is 0.332 e. The molecule has 2 aliphatic rings. The van der Waals surface area contributed by atoms with Gasteiger partial charge in [-0.25, -0.2) is 13.6 Å². The molecule has 214 valence electrons. The van der Waals surface area contributed by atoms with E-state index < -0.39 is 41.4 Å². The van der Waals surface area contributed by atoms with Crippen molar-refractivity contribution < 1.29 is 27.9 Å². The molecule has 0 N–H and O–H groups in total. The van der Waals surface area contributed by atoms with Gasteiger partial charge >= 0.3 is 6.03 Å². The second-order valence-electron chi connectivity index (χ2n) is 11.0. The predicted molar refractivity (Wildman–Crippen MR) is 151 cm³/mol. The lowest BCUT2D eigenvalue weighted by atomic mass is 9.81. The number of likely N-dealkylation sites (tertiary alicyclic amines) is 1. The van der Waals surface area contributed by atoms with Crippen molar-refractivity contribution >= 4 is 23.4 Å². The van der Waals surface area contributed by atoms with E-state index in [0.717, 1.165) is 22.3 Å². The molecule has 7 nitrogen and oxygen atoms in total. The number of amides is 3. The van der Waals surface area contributed by atoms with E-state index in [9.17, 15) is 23.2 Å². The van der Waals surface area contributed by atoms with Crippen LogP contribution in [0.15, 0.2) is 72.8 Å². The highest BCUT2D eigenvalue weighted by Crippen LogP contribution is 2.43. The van der Waals surface area contributed by atoms with Crippen molar-refractivity contribution in [2.75, 3.05) is 18.0 Å². The topological polar surface area (TPSA) is 70.2 Å². The van der Waals surface area contributed by atoms with Gasteiger partial charge in [0.05, 0.1) is 18.2 Å². The summed E-state index contributed by atoms with van der Waals surface area (Å²) >= 11 is 0. The minimum Gasteiger partial charge on any atom is -0.491 e. The Bertz CT molecular complexity index is 1480. The number of hydrogen-bond acceptors (Lipinski definition) is 5. The summed E-state index contributed by atoms with van der Waals surface area (Å²) in [4.78, 5) is 45.3. The lowest BCUT2D eigenvalue weighted by Gasteiger charge is -2.45. The molecule has 0 saturated carbocycles. The highest BCUT2D eigenvalue weighted by molar-refractivity contribution is 6.19. The number of hydrogen-bond donors (Lipinski definition) is 0. The first-order valence-electron chi connectivity index (χ1n) is 13.8. The van der Waals surface area contributed by atoms with Gasteiger partial charge in [0, 0.05) is 24.8 Å². The average Bonchev–Trinajstić information content (AvgIpc) is 3.11. The van der Waals surface area contributed by atoms with E-state index in [1.165, 1.54) is 41.3 Å². The largest absolute Gasteiger partial charge is 0.491 e. The minimum atomic E-state index is -1.31. The van der Waals surface area contributed by atoms with E-state index in [1.807, 2.05) is 45.0 Å². The predicted octanol–water partition coefficient (Wildman–Crippen LogP) is 5.83. The van der Waals surface area contributed by atoms with Gasteiger partial charge in [0.15, 0.2) is 5.78 Å². The Labute approximate surface area is 238 Å². The molecule has 0 radical (unpaired) electrons. The summed E-state index contributed by atoms with van der Waals surface area (Å²) in [6.07, 6.45) is 0.609. The number of ether oxygens (including phenoxy) is 1. The third-order valence-corrected chi connectivity index (χ3v) is 7.76. The lowest BCUT2D eigenvalue weighted by molar-refractivity contribution is -0.132. The number of imide groups is 1. The van der Waals surface area contributed by atoms with E-state index in [1.54, 1.807) is 6.07 Å². The Kier molecular flexibility index (Phi) is 7.91. The number of rotatable bonds is 8. The molecule has 0 aromatic heterocycles. The van der Waals surface area contributed by atoms with Crippen LogP contribution in [0.25, 0.3) is 0 Å². The number of benzene rings is 3. The van der Waals surface area contributed by atoms with Crippen molar-refractivity contribution in [2.45, 2.75) is 57.8 Å². The molecule has 3 amide bonds. The van der Waals surface area contributed by atoms with Gasteiger partial charge in [-0.15, -0.1) is 0 Å². The van der Waals surface area contributed by atoms with Gasteiger partial charge in [-0.1, -0.05) is 30.3 Å². The van der Waals surface area contributed by atoms with E-state index in [-0.39, 0.29) is 36.2 Å². The normalized spacial score (nSPS) is 21.3. The molecule has 1 unspecified atom stereocenters. The van der Waals surface area contributed by atoms with Crippen LogP contribution in [0.1, 0.15) is 49.5 Å². The van der Waals surface area contributed by atoms with Crippen LogP contribution in [0.2, 0.25) is 0 Å². The lowest BCUT2D eigenvalue weighted by Crippen LogP contribution is -2.59. The van der Waals surface area contributed by atoms with Crippen molar-refractivity contribution in [3.63, 3.8) is 0 Å². The van der Waals surface area contributed by atoms with Crippen LogP contribution in [-0.4, -0.2) is 58.3 Å². The number of anilines is 1. The van der Waals surface area contributed by atoms with Crippen LogP contribution in [0.3, 0.4) is 0 Å². The van der Waals surface area contributed by atoms with E-state index in [4.69, 9.17) is 4.74 Å². The zero-order valence-corrected chi connectivity index (χ0v) is 23.3. The quantitative estimate of drug-likeness (QED) is 0.256. The van der Waals surface area contributed by atoms with Crippen LogP contribution in [0.5, 0.6) is 5.75 Å². The molecule has 0 bridgehead atoms. The van der Waals surface area contributed by atoms with Gasteiger partial charge in [-0.05, 0) is 81.6 Å². The van der Waals surface area contributed by atoms with Crippen LogP contribution < -0.4 is 9.64 Å². The number of carbonyl (C=O) groups excluding carboxylic acids is 3. The van der Waals surface area contributed by atoms with E-state index in [2.05, 4.69) is 4.90 Å². The van der Waals surface area contributed by atoms with Gasteiger partial charge in [0.25, 0.3) is 5.91 Å². The first-order chi connectivity index (χ1) is 19.6. The molecular formula is C32H33F2N3O4. The smallest absolute Gasteiger partial charge is 0.332 e. The Hall–Kier alpha value is -4.11. The number of ketones is 1. The summed E-state index contributed by atoms with van der Waals surface area (Å²) in [6.45, 7) is 6.42. The second kappa shape index (κ2) is 11.4. The summed E-state index contributed by atoms with van der Waals surface area (Å²) < 4.78 is 34.5. The summed E-state index contributed by atoms with van der Waals surface area (Å²) in [5.74, 6) is -1.71. The molecule has 2 saturated heterocycles. The number of carbonyl (C=O) groups is 3. The Morgan fingerprint density at radius 3 is 2.49 bits per heavy atom. The molecule has 5 rings (SSSR count). The fourth-order valence-electron chi connectivity index (χ4n) is 5.89. The third-order valence-electron chi connectivity index (χ3n) is 7.76. The molecule has 0 aliphatic carbocycles. The summed E-state index contributed by atoms with van der Waals surface area (Å²) in [6, 6.07) is 18.0. The molecule has 2 fully saturated rings. The van der Waals surface area contributed by atoms with Crippen LogP contribution in [-0.2, 0) is 11.3 Å². The molecule has 41 heavy (non-hydrogen) atoms. The highest BCUT2D eigenvalue weighted by atomic mass is 19.1. The Balaban J connectivity index is 1.42. The zero-order valence-electron chi connectivity index (χ0n) is 23.3. The monoisotopic (exact) mass is 561 g/mol. The number of Topliss-reactive ketones (excluding diaryl/α,β-unsaturated/α-hetero) is 1. The van der Waals surface area contributed by atoms with Gasteiger partial charge in [-0.2, -0.15) is 0 Å². The fourth-order valence-corrected chi connectivity index (χ4v) is 5.89. The number of halogens is 2. The van der Waals surface area contributed by atoms with Gasteiger partial charge in [0.1, 0.15) is 22.9 Å². The molecule has 2 heterocycles. The average molecular weight is 562 g/mol. The maximum absolute atomic E-state index is 14.3. The van der Waals surface area contributed by atoms with Gasteiger partial charge in [0.2, 0.25) is 0 Å². The van der Waals surface area contributed by atoms with Gasteiger partial charge < -0.3 is 4.74 Å². The SMILES string of the molecule is CC(C)Oc1cccc(CN2CCC3(C[C@@H]2C)C(=O)N(CC(=O)c2ccccc2F)C(=O)N3c2cccc(F)c2)c1. The molecule has 2 aliphatic heterocycles. The second-order valence-corrected chi connectivity index (χ2v) is 11.0. The molecule has 3 aromatic rings. The van der Waals surface area contributed by atoms with Crippen LogP contribution >= 0.6 is 0 Å². The van der Waals surface area contributed by atoms with Crippen molar-refractivity contribution in [3.05, 3.63) is 95.6 Å². The van der Waals surface area contributed by atoms with Crippen LogP contribution in [0, 0.1) is 11.6 Å². The fraction of sp³-hybridized carbons (Fsp3) is 0.344. The molecular weight excluding hydrogens is 528 g/mol. The maximum atomic E-state index is 14.3. The third kappa shape index (κ3) is 5.59. The molecule has 3 aromatic carbocycles. The minimum absolute atomic E-state index is 0.0481. The summed E-state index contributed by atoms with van der Waals surface area (Å²) in [5.41, 5.74) is -0.209. The zero-order chi connectivity index (χ0) is 29.3.